The standard InChI is InChI=1S/C22H16IN3O6S/c1-14-5-7-19(8-6-14)33(31,32)24-13-16(9-15-3-2-4-17(23)10-15)22-20(24)11-18(25(27)28)12-21(22)26(29)30/h2-12H,13H2,1H3. The fourth-order valence-corrected chi connectivity index (χ4v) is 5.67. The van der Waals surface area contributed by atoms with E-state index in [4.69, 9.17) is 0 Å². The number of anilines is 1. The lowest BCUT2D eigenvalue weighted by atomic mass is 10.0. The minimum atomic E-state index is -4.14. The summed E-state index contributed by atoms with van der Waals surface area (Å²) in [5, 5.41) is 23.3. The molecule has 0 aliphatic carbocycles. The molecule has 0 amide bonds. The van der Waals surface area contributed by atoms with Gasteiger partial charge in [-0.3, -0.25) is 24.5 Å². The van der Waals surface area contributed by atoms with E-state index in [-0.39, 0.29) is 22.7 Å². The van der Waals surface area contributed by atoms with Gasteiger partial charge in [0.25, 0.3) is 21.4 Å². The van der Waals surface area contributed by atoms with Gasteiger partial charge in [0.2, 0.25) is 0 Å². The molecule has 0 saturated heterocycles. The smallest absolute Gasteiger partial charge is 0.261 e. The number of halogens is 1. The minimum absolute atomic E-state index is 0.0104. The van der Waals surface area contributed by atoms with Gasteiger partial charge in [0.15, 0.2) is 0 Å². The van der Waals surface area contributed by atoms with Crippen LogP contribution in [0.2, 0.25) is 0 Å². The van der Waals surface area contributed by atoms with Crippen molar-refractivity contribution in [1.29, 1.82) is 0 Å². The maximum absolute atomic E-state index is 13.5. The number of aryl methyl sites for hydroxylation is 1. The third kappa shape index (κ3) is 4.33. The molecule has 1 heterocycles. The summed E-state index contributed by atoms with van der Waals surface area (Å²) in [6.07, 6.45) is 1.67. The molecule has 0 saturated carbocycles. The van der Waals surface area contributed by atoms with Crippen LogP contribution >= 0.6 is 22.6 Å². The molecule has 3 aromatic rings. The molecular weight excluding hydrogens is 561 g/mol. The highest BCUT2D eigenvalue weighted by Gasteiger charge is 2.40. The Hall–Kier alpha value is -3.32. The largest absolute Gasteiger partial charge is 0.285 e. The molecule has 0 N–H and O–H groups in total. The highest BCUT2D eigenvalue weighted by molar-refractivity contribution is 14.1. The van der Waals surface area contributed by atoms with Crippen molar-refractivity contribution >= 4 is 61.3 Å². The Morgan fingerprint density at radius 3 is 2.30 bits per heavy atom. The van der Waals surface area contributed by atoms with Crippen LogP contribution < -0.4 is 4.31 Å². The molecule has 0 unspecified atom stereocenters. The lowest BCUT2D eigenvalue weighted by Crippen LogP contribution is -2.29. The molecule has 168 valence electrons. The summed E-state index contributed by atoms with van der Waals surface area (Å²) in [5.41, 5.74) is 0.863. The summed E-state index contributed by atoms with van der Waals surface area (Å²) in [6, 6.07) is 15.4. The first kappa shape index (κ1) is 22.9. The third-order valence-corrected chi connectivity index (χ3v) is 7.64. The van der Waals surface area contributed by atoms with Gasteiger partial charge in [0.1, 0.15) is 0 Å². The SMILES string of the molecule is Cc1ccc(S(=O)(=O)N2CC(=Cc3cccc(I)c3)c3c2cc([N+](=O)[O-])cc3[N+](=O)[O-])cc1. The maximum Gasteiger partial charge on any atom is 0.285 e. The molecule has 1 aliphatic heterocycles. The molecule has 0 fully saturated rings. The Balaban J connectivity index is 1.98. The fraction of sp³-hybridized carbons (Fsp3) is 0.0909. The molecule has 0 aromatic heterocycles. The van der Waals surface area contributed by atoms with Gasteiger partial charge in [0, 0.05) is 9.64 Å². The number of hydrogen-bond donors (Lipinski definition) is 0. The van der Waals surface area contributed by atoms with Crippen molar-refractivity contribution in [3.63, 3.8) is 0 Å². The number of fused-ring (bicyclic) bond motifs is 1. The van der Waals surface area contributed by atoms with E-state index in [1.807, 2.05) is 25.1 Å². The van der Waals surface area contributed by atoms with Gasteiger partial charge in [-0.2, -0.15) is 0 Å². The first-order valence-electron chi connectivity index (χ1n) is 9.60. The molecule has 0 radical (unpaired) electrons. The van der Waals surface area contributed by atoms with Crippen molar-refractivity contribution in [3.8, 4) is 0 Å². The minimum Gasteiger partial charge on any atom is -0.261 e. The molecule has 0 atom stereocenters. The van der Waals surface area contributed by atoms with Crippen molar-refractivity contribution in [2.45, 2.75) is 11.8 Å². The Morgan fingerprint density at radius 2 is 1.70 bits per heavy atom. The molecule has 1 aliphatic rings. The van der Waals surface area contributed by atoms with Crippen LogP contribution in [0.1, 0.15) is 16.7 Å². The summed E-state index contributed by atoms with van der Waals surface area (Å²) in [5.74, 6) is 0. The van der Waals surface area contributed by atoms with Crippen LogP contribution in [0.3, 0.4) is 0 Å². The molecule has 33 heavy (non-hydrogen) atoms. The summed E-state index contributed by atoms with van der Waals surface area (Å²) in [6.45, 7) is 1.62. The average Bonchev–Trinajstić information content (AvgIpc) is 3.12. The van der Waals surface area contributed by atoms with Crippen molar-refractivity contribution in [3.05, 3.63) is 101 Å². The first-order chi connectivity index (χ1) is 15.6. The van der Waals surface area contributed by atoms with E-state index in [1.54, 1.807) is 24.3 Å². The second-order valence-corrected chi connectivity index (χ2v) is 10.5. The summed E-state index contributed by atoms with van der Waals surface area (Å²) in [7, 11) is -4.14. The van der Waals surface area contributed by atoms with Gasteiger partial charge in [0.05, 0.1) is 38.6 Å². The zero-order valence-electron chi connectivity index (χ0n) is 17.1. The number of sulfonamides is 1. The number of nitrogens with zero attached hydrogens (tertiary/aromatic N) is 3. The molecule has 0 spiro atoms. The van der Waals surface area contributed by atoms with Crippen LogP contribution in [0, 0.1) is 30.7 Å². The van der Waals surface area contributed by atoms with Crippen LogP contribution in [0.15, 0.2) is 65.6 Å². The Labute approximate surface area is 202 Å². The predicted octanol–water partition coefficient (Wildman–Crippen LogP) is 5.17. The lowest BCUT2D eigenvalue weighted by molar-refractivity contribution is -0.394. The van der Waals surface area contributed by atoms with Crippen LogP contribution in [-0.2, 0) is 10.0 Å². The second-order valence-electron chi connectivity index (χ2n) is 7.42. The molecule has 11 heteroatoms. The number of non-ortho nitro benzene ring substituents is 1. The molecule has 9 nitrogen and oxygen atoms in total. The zero-order valence-corrected chi connectivity index (χ0v) is 20.1. The molecular formula is C22H16IN3O6S. The number of nitro benzene ring substituents is 2. The Bertz CT molecular complexity index is 1430. The number of nitro groups is 2. The van der Waals surface area contributed by atoms with E-state index in [9.17, 15) is 28.6 Å². The lowest BCUT2D eigenvalue weighted by Gasteiger charge is -2.19. The summed E-state index contributed by atoms with van der Waals surface area (Å²) < 4.78 is 28.9. The quantitative estimate of drug-likeness (QED) is 0.234. The Morgan fingerprint density at radius 1 is 1.00 bits per heavy atom. The second kappa shape index (κ2) is 8.56. The fourth-order valence-electron chi connectivity index (χ4n) is 3.66. The molecule has 4 rings (SSSR count). The van der Waals surface area contributed by atoms with Crippen molar-refractivity contribution in [2.24, 2.45) is 0 Å². The highest BCUT2D eigenvalue weighted by atomic mass is 127. The van der Waals surface area contributed by atoms with Gasteiger partial charge < -0.3 is 0 Å². The van der Waals surface area contributed by atoms with Crippen LogP contribution in [0.5, 0.6) is 0 Å². The van der Waals surface area contributed by atoms with E-state index in [0.717, 1.165) is 31.1 Å². The monoisotopic (exact) mass is 577 g/mol. The topological polar surface area (TPSA) is 124 Å². The van der Waals surface area contributed by atoms with Gasteiger partial charge in [-0.05, 0) is 71.0 Å². The van der Waals surface area contributed by atoms with E-state index in [1.165, 1.54) is 12.1 Å². The highest BCUT2D eigenvalue weighted by Crippen LogP contribution is 2.47. The van der Waals surface area contributed by atoms with Crippen molar-refractivity contribution in [2.75, 3.05) is 10.8 Å². The number of rotatable bonds is 5. The number of hydrogen-bond acceptors (Lipinski definition) is 6. The van der Waals surface area contributed by atoms with E-state index < -0.39 is 31.2 Å². The molecule has 0 bridgehead atoms. The van der Waals surface area contributed by atoms with Gasteiger partial charge in [-0.1, -0.05) is 29.8 Å². The first-order valence-corrected chi connectivity index (χ1v) is 12.1. The Kier molecular flexibility index (Phi) is 5.93. The maximum atomic E-state index is 13.5. The van der Waals surface area contributed by atoms with Crippen LogP contribution in [-0.4, -0.2) is 24.8 Å². The van der Waals surface area contributed by atoms with Crippen molar-refractivity contribution in [1.82, 2.24) is 0 Å². The summed E-state index contributed by atoms with van der Waals surface area (Å²) in [4.78, 5) is 21.8. The van der Waals surface area contributed by atoms with E-state index in [0.29, 0.717) is 5.57 Å². The van der Waals surface area contributed by atoms with Crippen LogP contribution in [0.25, 0.3) is 11.6 Å². The molecule has 3 aromatic carbocycles. The normalized spacial score (nSPS) is 14.4. The average molecular weight is 577 g/mol. The van der Waals surface area contributed by atoms with E-state index >= 15 is 0 Å². The zero-order chi connectivity index (χ0) is 23.9. The predicted molar refractivity (Wildman–Crippen MR) is 132 cm³/mol. The van der Waals surface area contributed by atoms with Gasteiger partial charge in [-0.25, -0.2) is 8.42 Å². The van der Waals surface area contributed by atoms with Gasteiger partial charge >= 0.3 is 0 Å². The van der Waals surface area contributed by atoms with Crippen LogP contribution in [0.4, 0.5) is 17.1 Å². The number of benzene rings is 3. The third-order valence-electron chi connectivity index (χ3n) is 5.19. The van der Waals surface area contributed by atoms with E-state index in [2.05, 4.69) is 22.6 Å². The van der Waals surface area contributed by atoms with Gasteiger partial charge in [-0.15, -0.1) is 0 Å². The summed E-state index contributed by atoms with van der Waals surface area (Å²) >= 11 is 2.13. The van der Waals surface area contributed by atoms with Crippen molar-refractivity contribution < 1.29 is 18.3 Å².